The van der Waals surface area contributed by atoms with Crippen molar-refractivity contribution in [2.45, 2.75) is 6.10 Å². The summed E-state index contributed by atoms with van der Waals surface area (Å²) in [4.78, 5) is 0. The van der Waals surface area contributed by atoms with Gasteiger partial charge in [0.15, 0.2) is 0 Å². The van der Waals surface area contributed by atoms with E-state index in [1.54, 1.807) is 18.2 Å². The monoisotopic (exact) mass is 270 g/mol. The van der Waals surface area contributed by atoms with E-state index in [1.807, 2.05) is 6.07 Å². The Kier molecular flexibility index (Phi) is 4.56. The Labute approximate surface area is 96.3 Å². The number of benzene rings is 1. The van der Waals surface area contributed by atoms with Crippen LogP contribution in [0.3, 0.4) is 0 Å². The van der Waals surface area contributed by atoms with Gasteiger partial charge in [0.25, 0.3) is 0 Å². The van der Waals surface area contributed by atoms with Crippen LogP contribution in [0.2, 0.25) is 0 Å². The molecular weight excluding hydrogens is 260 g/mol. The molecular formula is C10H11BrN2O2. The van der Waals surface area contributed by atoms with Crippen molar-refractivity contribution in [2.24, 2.45) is 0 Å². The van der Waals surface area contributed by atoms with E-state index in [0.29, 0.717) is 11.3 Å². The number of aliphatic hydroxyl groups is 2. The van der Waals surface area contributed by atoms with Gasteiger partial charge in [-0.2, -0.15) is 5.26 Å². The first-order chi connectivity index (χ1) is 7.17. The average molecular weight is 271 g/mol. The number of nitrogens with zero attached hydrogens (tertiary/aromatic N) is 1. The third-order valence-corrected chi connectivity index (χ3v) is 2.33. The van der Waals surface area contributed by atoms with Crippen molar-refractivity contribution in [1.29, 1.82) is 5.26 Å². The summed E-state index contributed by atoms with van der Waals surface area (Å²) < 4.78 is 0.826. The molecule has 1 aromatic rings. The summed E-state index contributed by atoms with van der Waals surface area (Å²) in [6.07, 6.45) is -0.819. The van der Waals surface area contributed by atoms with Crippen molar-refractivity contribution < 1.29 is 10.2 Å². The Morgan fingerprint density at radius 2 is 2.27 bits per heavy atom. The maximum atomic E-state index is 9.13. The van der Waals surface area contributed by atoms with Crippen LogP contribution < -0.4 is 5.32 Å². The van der Waals surface area contributed by atoms with Crippen molar-refractivity contribution in [3.63, 3.8) is 0 Å². The molecule has 0 bridgehead atoms. The number of hydrogen-bond acceptors (Lipinski definition) is 4. The van der Waals surface area contributed by atoms with Crippen LogP contribution in [0.5, 0.6) is 0 Å². The van der Waals surface area contributed by atoms with E-state index >= 15 is 0 Å². The number of hydrogen-bond donors (Lipinski definition) is 3. The van der Waals surface area contributed by atoms with Crippen molar-refractivity contribution in [3.8, 4) is 6.07 Å². The van der Waals surface area contributed by atoms with Crippen LogP contribution in [0.4, 0.5) is 5.69 Å². The minimum atomic E-state index is -0.819. The molecule has 3 N–H and O–H groups in total. The van der Waals surface area contributed by atoms with E-state index < -0.39 is 6.10 Å². The summed E-state index contributed by atoms with van der Waals surface area (Å²) in [5, 5.41) is 29.5. The largest absolute Gasteiger partial charge is 0.394 e. The number of aliphatic hydroxyl groups excluding tert-OH is 2. The number of nitriles is 1. The first-order valence-electron chi connectivity index (χ1n) is 4.40. The summed E-state index contributed by atoms with van der Waals surface area (Å²) in [5.74, 6) is 0. The van der Waals surface area contributed by atoms with Gasteiger partial charge >= 0.3 is 0 Å². The summed E-state index contributed by atoms with van der Waals surface area (Å²) in [5.41, 5.74) is 1.14. The minimum Gasteiger partial charge on any atom is -0.394 e. The molecule has 0 spiro atoms. The number of nitrogens with one attached hydrogen (secondary N) is 1. The van der Waals surface area contributed by atoms with Crippen molar-refractivity contribution in [3.05, 3.63) is 28.2 Å². The quantitative estimate of drug-likeness (QED) is 0.766. The molecule has 0 aromatic heterocycles. The average Bonchev–Trinajstić information content (AvgIpc) is 2.26. The van der Waals surface area contributed by atoms with Crippen LogP contribution in [0, 0.1) is 11.3 Å². The first-order valence-corrected chi connectivity index (χ1v) is 5.19. The lowest BCUT2D eigenvalue weighted by Crippen LogP contribution is -2.23. The van der Waals surface area contributed by atoms with Gasteiger partial charge in [-0.3, -0.25) is 0 Å². The van der Waals surface area contributed by atoms with Crippen LogP contribution in [-0.2, 0) is 0 Å². The Bertz CT molecular complexity index is 376. The highest BCUT2D eigenvalue weighted by Gasteiger charge is 2.05. The first kappa shape index (κ1) is 12.0. The third-order valence-electron chi connectivity index (χ3n) is 1.84. The lowest BCUT2D eigenvalue weighted by Gasteiger charge is -2.11. The molecule has 0 fully saturated rings. The lowest BCUT2D eigenvalue weighted by molar-refractivity contribution is 0.105. The van der Waals surface area contributed by atoms with Gasteiger partial charge in [-0.25, -0.2) is 0 Å². The fraction of sp³-hybridized carbons (Fsp3) is 0.300. The minimum absolute atomic E-state index is 0.215. The topological polar surface area (TPSA) is 76.3 Å². The highest BCUT2D eigenvalue weighted by Crippen LogP contribution is 2.20. The molecule has 15 heavy (non-hydrogen) atoms. The molecule has 0 radical (unpaired) electrons. The van der Waals surface area contributed by atoms with Crippen molar-refractivity contribution in [2.75, 3.05) is 18.5 Å². The van der Waals surface area contributed by atoms with Crippen molar-refractivity contribution >= 4 is 21.6 Å². The number of rotatable bonds is 4. The SMILES string of the molecule is N#Cc1cc(Br)ccc1NCC(O)CO. The summed E-state index contributed by atoms with van der Waals surface area (Å²) >= 11 is 3.26. The normalized spacial score (nSPS) is 11.9. The molecule has 80 valence electrons. The van der Waals surface area contributed by atoms with Crippen molar-refractivity contribution in [1.82, 2.24) is 0 Å². The molecule has 0 aliphatic heterocycles. The van der Waals surface area contributed by atoms with E-state index in [9.17, 15) is 0 Å². The predicted octanol–water partition coefficient (Wildman–Crippen LogP) is 1.09. The molecule has 1 aromatic carbocycles. The summed E-state index contributed by atoms with van der Waals surface area (Å²) in [7, 11) is 0. The second kappa shape index (κ2) is 5.71. The van der Waals surface area contributed by atoms with Gasteiger partial charge in [0.2, 0.25) is 0 Å². The third kappa shape index (κ3) is 3.51. The van der Waals surface area contributed by atoms with Crippen LogP contribution in [0.1, 0.15) is 5.56 Å². The van der Waals surface area contributed by atoms with E-state index in [0.717, 1.165) is 4.47 Å². The van der Waals surface area contributed by atoms with Gasteiger partial charge in [-0.05, 0) is 18.2 Å². The number of halogens is 1. The van der Waals surface area contributed by atoms with E-state index in [1.165, 1.54) is 0 Å². The Balaban J connectivity index is 2.73. The molecule has 4 nitrogen and oxygen atoms in total. The zero-order valence-corrected chi connectivity index (χ0v) is 9.53. The fourth-order valence-electron chi connectivity index (χ4n) is 1.06. The maximum Gasteiger partial charge on any atom is 0.101 e. The Morgan fingerprint density at radius 1 is 1.53 bits per heavy atom. The Hall–Kier alpha value is -1.09. The predicted molar refractivity (Wildman–Crippen MR) is 60.4 cm³/mol. The zero-order chi connectivity index (χ0) is 11.3. The van der Waals surface area contributed by atoms with Gasteiger partial charge in [-0.15, -0.1) is 0 Å². The van der Waals surface area contributed by atoms with Crippen LogP contribution in [0.15, 0.2) is 22.7 Å². The molecule has 0 aliphatic rings. The molecule has 0 saturated carbocycles. The van der Waals surface area contributed by atoms with E-state index in [4.69, 9.17) is 15.5 Å². The van der Waals surface area contributed by atoms with E-state index in [-0.39, 0.29) is 13.2 Å². The lowest BCUT2D eigenvalue weighted by atomic mass is 10.2. The molecule has 1 unspecified atom stereocenters. The van der Waals surface area contributed by atoms with Crippen LogP contribution in [0.25, 0.3) is 0 Å². The maximum absolute atomic E-state index is 9.13. The summed E-state index contributed by atoms with van der Waals surface area (Å²) in [6.45, 7) is -0.0851. The van der Waals surface area contributed by atoms with Crippen LogP contribution in [-0.4, -0.2) is 29.5 Å². The number of anilines is 1. The van der Waals surface area contributed by atoms with Crippen LogP contribution >= 0.6 is 15.9 Å². The molecule has 0 amide bonds. The molecule has 1 atom stereocenters. The fourth-order valence-corrected chi connectivity index (χ4v) is 1.42. The van der Waals surface area contributed by atoms with Gasteiger partial charge in [-0.1, -0.05) is 15.9 Å². The molecule has 0 heterocycles. The molecule has 0 aliphatic carbocycles. The standard InChI is InChI=1S/C10H11BrN2O2/c11-8-1-2-10(7(3-8)4-12)13-5-9(15)6-14/h1-3,9,13-15H,5-6H2. The smallest absolute Gasteiger partial charge is 0.101 e. The van der Waals surface area contributed by atoms with Gasteiger partial charge < -0.3 is 15.5 Å². The van der Waals surface area contributed by atoms with Gasteiger partial charge in [0.1, 0.15) is 6.07 Å². The molecule has 1 rings (SSSR count). The zero-order valence-electron chi connectivity index (χ0n) is 7.94. The van der Waals surface area contributed by atoms with E-state index in [2.05, 4.69) is 21.2 Å². The highest BCUT2D eigenvalue weighted by atomic mass is 79.9. The Morgan fingerprint density at radius 3 is 2.87 bits per heavy atom. The molecule has 0 saturated heterocycles. The van der Waals surface area contributed by atoms with Gasteiger partial charge in [0.05, 0.1) is 24.0 Å². The second-order valence-electron chi connectivity index (χ2n) is 3.02. The summed E-state index contributed by atoms with van der Waals surface area (Å²) in [6, 6.07) is 7.27. The molecule has 5 heteroatoms. The second-order valence-corrected chi connectivity index (χ2v) is 3.93. The highest BCUT2D eigenvalue weighted by molar-refractivity contribution is 9.10. The van der Waals surface area contributed by atoms with Gasteiger partial charge in [0, 0.05) is 11.0 Å².